The van der Waals surface area contributed by atoms with Gasteiger partial charge in [0.05, 0.1) is 4.90 Å². The lowest BCUT2D eigenvalue weighted by Crippen LogP contribution is -2.03. The van der Waals surface area contributed by atoms with Gasteiger partial charge in [0.1, 0.15) is 11.0 Å². The Balaban J connectivity index is 2.49. The van der Waals surface area contributed by atoms with Gasteiger partial charge < -0.3 is 0 Å². The summed E-state index contributed by atoms with van der Waals surface area (Å²) in [7, 11) is -3.85. The van der Waals surface area contributed by atoms with Crippen LogP contribution >= 0.6 is 11.6 Å². The summed E-state index contributed by atoms with van der Waals surface area (Å²) in [5.41, 5.74) is 0.543. The van der Waals surface area contributed by atoms with Crippen LogP contribution < -0.4 is 0 Å². The van der Waals surface area contributed by atoms with E-state index in [4.69, 9.17) is 16.9 Å². The summed E-state index contributed by atoms with van der Waals surface area (Å²) >= 11 is 5.72. The van der Waals surface area contributed by atoms with Crippen LogP contribution in [-0.4, -0.2) is 13.4 Å². The van der Waals surface area contributed by atoms with Gasteiger partial charge in [-0.3, -0.25) is 4.98 Å². The Morgan fingerprint density at radius 2 is 1.95 bits per heavy atom. The largest absolute Gasteiger partial charge is 0.264 e. The Morgan fingerprint density at radius 3 is 2.50 bits per heavy atom. The zero-order valence-corrected chi connectivity index (χ0v) is 11.8. The molecule has 0 saturated heterocycles. The minimum atomic E-state index is -3.85. The van der Waals surface area contributed by atoms with Crippen LogP contribution in [0, 0.1) is 11.3 Å². The number of hydrogen-bond acceptors (Lipinski definition) is 4. The number of nitrogens with zero attached hydrogens (tertiary/aromatic N) is 2. The molecule has 0 aliphatic rings. The summed E-state index contributed by atoms with van der Waals surface area (Å²) in [6.07, 6.45) is 4.34. The normalized spacial score (nSPS) is 11.9. The van der Waals surface area contributed by atoms with Crippen LogP contribution in [0.1, 0.15) is 5.56 Å². The van der Waals surface area contributed by atoms with Crippen molar-refractivity contribution in [3.05, 3.63) is 64.3 Å². The molecule has 0 fully saturated rings. The summed E-state index contributed by atoms with van der Waals surface area (Å²) in [6, 6.07) is 10.7. The Hall–Kier alpha value is -2.16. The van der Waals surface area contributed by atoms with Crippen molar-refractivity contribution in [1.29, 1.82) is 5.26 Å². The molecule has 1 heterocycles. The number of halogens is 1. The number of sulfone groups is 1. The Morgan fingerprint density at radius 1 is 1.25 bits per heavy atom. The van der Waals surface area contributed by atoms with Crippen molar-refractivity contribution >= 4 is 27.5 Å². The number of allylic oxidation sites excluding steroid dienone is 1. The van der Waals surface area contributed by atoms with E-state index in [1.165, 1.54) is 36.5 Å². The fourth-order valence-electron chi connectivity index (χ4n) is 1.52. The number of rotatable bonds is 3. The van der Waals surface area contributed by atoms with E-state index >= 15 is 0 Å². The number of pyridine rings is 1. The van der Waals surface area contributed by atoms with E-state index in [0.29, 0.717) is 10.6 Å². The molecular formula is C14H9ClN2O2S. The molecule has 1 aromatic heterocycles. The summed E-state index contributed by atoms with van der Waals surface area (Å²) < 4.78 is 24.6. The van der Waals surface area contributed by atoms with E-state index < -0.39 is 9.84 Å². The first kappa shape index (κ1) is 14.3. The second-order valence-electron chi connectivity index (χ2n) is 3.86. The average Bonchev–Trinajstić information content (AvgIpc) is 2.46. The molecular weight excluding hydrogens is 296 g/mol. The summed E-state index contributed by atoms with van der Waals surface area (Å²) in [5, 5.41) is 9.52. The van der Waals surface area contributed by atoms with Gasteiger partial charge in [-0.15, -0.1) is 0 Å². The van der Waals surface area contributed by atoms with E-state index in [2.05, 4.69) is 4.98 Å². The van der Waals surface area contributed by atoms with Gasteiger partial charge in [-0.2, -0.15) is 5.26 Å². The number of benzene rings is 1. The maximum atomic E-state index is 12.3. The fourth-order valence-corrected chi connectivity index (χ4v) is 2.81. The average molecular weight is 305 g/mol. The van der Waals surface area contributed by atoms with Gasteiger partial charge in [0.2, 0.25) is 9.84 Å². The van der Waals surface area contributed by atoms with Crippen molar-refractivity contribution in [3.63, 3.8) is 0 Å². The minimum Gasteiger partial charge on any atom is -0.264 e. The molecule has 0 radical (unpaired) electrons. The molecule has 100 valence electrons. The van der Waals surface area contributed by atoms with E-state index in [1.54, 1.807) is 24.4 Å². The molecule has 0 atom stereocenters. The number of nitriles is 1. The molecule has 0 aliphatic heterocycles. The quantitative estimate of drug-likeness (QED) is 0.817. The van der Waals surface area contributed by atoms with Crippen molar-refractivity contribution in [1.82, 2.24) is 4.98 Å². The lowest BCUT2D eigenvalue weighted by Gasteiger charge is -2.03. The van der Waals surface area contributed by atoms with Crippen LogP contribution in [0.15, 0.2) is 58.6 Å². The highest BCUT2D eigenvalue weighted by Crippen LogP contribution is 2.22. The van der Waals surface area contributed by atoms with Crippen LogP contribution in [0.4, 0.5) is 0 Å². The van der Waals surface area contributed by atoms with Gasteiger partial charge in [0.15, 0.2) is 0 Å². The van der Waals surface area contributed by atoms with Crippen molar-refractivity contribution in [2.75, 3.05) is 0 Å². The summed E-state index contributed by atoms with van der Waals surface area (Å²) in [6.45, 7) is 0. The Kier molecular flexibility index (Phi) is 4.18. The van der Waals surface area contributed by atoms with E-state index in [9.17, 15) is 8.42 Å². The molecule has 2 aromatic rings. The van der Waals surface area contributed by atoms with Crippen LogP contribution in [0.2, 0.25) is 5.02 Å². The van der Waals surface area contributed by atoms with Crippen molar-refractivity contribution in [2.45, 2.75) is 4.90 Å². The highest BCUT2D eigenvalue weighted by molar-refractivity contribution is 7.95. The smallest absolute Gasteiger partial charge is 0.216 e. The molecule has 2 rings (SSSR count). The van der Waals surface area contributed by atoms with Gasteiger partial charge in [-0.25, -0.2) is 8.42 Å². The second kappa shape index (κ2) is 5.87. The molecule has 4 nitrogen and oxygen atoms in total. The molecule has 0 saturated carbocycles. The number of hydrogen-bond donors (Lipinski definition) is 0. The second-order valence-corrected chi connectivity index (χ2v) is 6.22. The maximum Gasteiger partial charge on any atom is 0.216 e. The van der Waals surface area contributed by atoms with Crippen LogP contribution in [0.25, 0.3) is 6.08 Å². The molecule has 6 heteroatoms. The molecule has 0 unspecified atom stereocenters. The Labute approximate surface area is 121 Å². The molecule has 1 aromatic carbocycles. The first-order valence-electron chi connectivity index (χ1n) is 5.56. The van der Waals surface area contributed by atoms with Gasteiger partial charge >= 0.3 is 0 Å². The predicted molar refractivity (Wildman–Crippen MR) is 76.5 cm³/mol. The van der Waals surface area contributed by atoms with Crippen molar-refractivity contribution < 1.29 is 8.42 Å². The summed E-state index contributed by atoms with van der Waals surface area (Å²) in [4.78, 5) is 3.56. The molecule has 0 spiro atoms. The van der Waals surface area contributed by atoms with Crippen LogP contribution in [-0.2, 0) is 9.84 Å². The zero-order valence-electron chi connectivity index (χ0n) is 10.2. The third-order valence-electron chi connectivity index (χ3n) is 2.51. The van der Waals surface area contributed by atoms with Crippen LogP contribution in [0.3, 0.4) is 0 Å². The van der Waals surface area contributed by atoms with E-state index in [1.807, 2.05) is 0 Å². The first-order valence-corrected chi connectivity index (χ1v) is 7.42. The highest BCUT2D eigenvalue weighted by Gasteiger charge is 2.20. The Bertz CT molecular complexity index is 776. The molecule has 20 heavy (non-hydrogen) atoms. The molecule has 0 bridgehead atoms. The van der Waals surface area contributed by atoms with E-state index in [0.717, 1.165) is 0 Å². The lowest BCUT2D eigenvalue weighted by molar-refractivity contribution is 0.603. The maximum absolute atomic E-state index is 12.3. The van der Waals surface area contributed by atoms with Gasteiger partial charge in [-0.05, 0) is 42.0 Å². The lowest BCUT2D eigenvalue weighted by atomic mass is 10.3. The predicted octanol–water partition coefficient (Wildman–Crippen LogP) is 3.07. The third-order valence-corrected chi connectivity index (χ3v) is 4.44. The van der Waals surface area contributed by atoms with Gasteiger partial charge in [0.25, 0.3) is 0 Å². The first-order chi connectivity index (χ1) is 9.54. The third kappa shape index (κ3) is 3.05. The monoisotopic (exact) mass is 304 g/mol. The van der Waals surface area contributed by atoms with E-state index in [-0.39, 0.29) is 9.80 Å². The summed E-state index contributed by atoms with van der Waals surface area (Å²) in [5.74, 6) is 0. The van der Waals surface area contributed by atoms with Gasteiger partial charge in [-0.1, -0.05) is 17.7 Å². The zero-order chi connectivity index (χ0) is 14.6. The van der Waals surface area contributed by atoms with Crippen LogP contribution in [0.5, 0.6) is 0 Å². The fraction of sp³-hybridized carbons (Fsp3) is 0. The van der Waals surface area contributed by atoms with Crippen molar-refractivity contribution in [2.24, 2.45) is 0 Å². The molecule has 0 N–H and O–H groups in total. The number of aromatic nitrogens is 1. The minimum absolute atomic E-state index is 0.0265. The SMILES string of the molecule is N#C/C(=C\c1cccnc1)S(=O)(=O)c1ccc(Cl)cc1. The molecule has 0 amide bonds. The molecule has 0 aliphatic carbocycles. The highest BCUT2D eigenvalue weighted by atomic mass is 35.5. The van der Waals surface area contributed by atoms with Gasteiger partial charge in [0, 0.05) is 17.4 Å². The standard InChI is InChI=1S/C14H9ClN2O2S/c15-12-3-5-13(6-4-12)20(18,19)14(9-16)8-11-2-1-7-17-10-11/h1-8,10H/b14-8+. The van der Waals surface area contributed by atoms with Crippen molar-refractivity contribution in [3.8, 4) is 6.07 Å². The topological polar surface area (TPSA) is 70.8 Å².